The van der Waals surface area contributed by atoms with E-state index in [1.807, 2.05) is 31.2 Å². The van der Waals surface area contributed by atoms with E-state index in [0.29, 0.717) is 11.3 Å². The Morgan fingerprint density at radius 1 is 0.944 bits per heavy atom. The largest absolute Gasteiger partial charge is 0.386 e. The summed E-state index contributed by atoms with van der Waals surface area (Å²) in [5.74, 6) is 0.0330. The van der Waals surface area contributed by atoms with Gasteiger partial charge in [-0.2, -0.15) is 0 Å². The molecule has 0 saturated heterocycles. The molecule has 87 valence electrons. The number of hydrogen-bond donors (Lipinski definition) is 0. The fourth-order valence-corrected chi connectivity index (χ4v) is 1.36. The SMILES string of the molecule is Cc1ccccc1OOC(=O)c1ccccc1.[Na]. The van der Waals surface area contributed by atoms with Gasteiger partial charge in [-0.3, -0.25) is 4.89 Å². The summed E-state index contributed by atoms with van der Waals surface area (Å²) in [5.41, 5.74) is 1.37. The fraction of sp³-hybridized carbons (Fsp3) is 0.0714. The van der Waals surface area contributed by atoms with E-state index in [1.165, 1.54) is 0 Å². The third kappa shape index (κ3) is 3.88. The van der Waals surface area contributed by atoms with Gasteiger partial charge in [-0.05, 0) is 30.7 Å². The zero-order chi connectivity index (χ0) is 12.1. The molecule has 0 aliphatic rings. The van der Waals surface area contributed by atoms with E-state index in [9.17, 15) is 4.79 Å². The number of para-hydroxylation sites is 1. The molecular weight excluding hydrogens is 239 g/mol. The molecule has 0 amide bonds. The molecule has 0 atom stereocenters. The summed E-state index contributed by atoms with van der Waals surface area (Å²) in [6, 6.07) is 16.0. The maximum atomic E-state index is 11.6. The van der Waals surface area contributed by atoms with Crippen molar-refractivity contribution in [2.24, 2.45) is 0 Å². The van der Waals surface area contributed by atoms with E-state index in [0.717, 1.165) is 5.56 Å². The van der Waals surface area contributed by atoms with Crippen LogP contribution in [-0.2, 0) is 4.89 Å². The van der Waals surface area contributed by atoms with E-state index in [1.54, 1.807) is 30.3 Å². The molecule has 2 rings (SSSR count). The Balaban J connectivity index is 0.00000162. The second-order valence-corrected chi connectivity index (χ2v) is 3.59. The summed E-state index contributed by atoms with van der Waals surface area (Å²) in [4.78, 5) is 21.3. The summed E-state index contributed by atoms with van der Waals surface area (Å²) in [7, 11) is 0. The summed E-state index contributed by atoms with van der Waals surface area (Å²) in [5, 5.41) is 0. The van der Waals surface area contributed by atoms with Gasteiger partial charge in [-0.25, -0.2) is 9.68 Å². The van der Waals surface area contributed by atoms with Crippen LogP contribution in [0.15, 0.2) is 54.6 Å². The zero-order valence-electron chi connectivity index (χ0n) is 10.4. The molecule has 18 heavy (non-hydrogen) atoms. The van der Waals surface area contributed by atoms with Gasteiger partial charge in [0, 0.05) is 29.6 Å². The average molecular weight is 251 g/mol. The molecule has 2 aromatic rings. The Hall–Kier alpha value is -1.29. The predicted molar refractivity (Wildman–Crippen MR) is 69.4 cm³/mol. The third-order valence-corrected chi connectivity index (χ3v) is 2.31. The summed E-state index contributed by atoms with van der Waals surface area (Å²) >= 11 is 0. The molecular formula is C14H12NaO3. The van der Waals surface area contributed by atoms with Crippen molar-refractivity contribution in [3.63, 3.8) is 0 Å². The van der Waals surface area contributed by atoms with Crippen LogP contribution in [0.5, 0.6) is 5.75 Å². The standard InChI is InChI=1S/C14H12O3.Na/c1-11-7-5-6-10-13(11)16-17-14(15)12-8-3-2-4-9-12;/h2-10H,1H3;. The van der Waals surface area contributed by atoms with Gasteiger partial charge >= 0.3 is 5.97 Å². The van der Waals surface area contributed by atoms with Crippen molar-refractivity contribution >= 4 is 35.5 Å². The molecule has 4 heteroatoms. The first-order valence-corrected chi connectivity index (χ1v) is 5.27. The van der Waals surface area contributed by atoms with Gasteiger partial charge in [0.25, 0.3) is 0 Å². The van der Waals surface area contributed by atoms with Gasteiger partial charge in [-0.1, -0.05) is 36.4 Å². The van der Waals surface area contributed by atoms with Crippen molar-refractivity contribution in [1.29, 1.82) is 0 Å². The Morgan fingerprint density at radius 3 is 2.22 bits per heavy atom. The molecule has 2 aromatic carbocycles. The molecule has 0 unspecified atom stereocenters. The Labute approximate surface area is 128 Å². The molecule has 3 nitrogen and oxygen atoms in total. The first-order valence-electron chi connectivity index (χ1n) is 5.27. The van der Waals surface area contributed by atoms with Crippen LogP contribution in [-0.4, -0.2) is 35.5 Å². The van der Waals surface area contributed by atoms with Crippen LogP contribution in [0, 0.1) is 6.92 Å². The quantitative estimate of drug-likeness (QED) is 0.478. The Bertz CT molecular complexity index is 511. The van der Waals surface area contributed by atoms with Crippen molar-refractivity contribution in [2.45, 2.75) is 6.92 Å². The number of benzene rings is 2. The number of carbonyl (C=O) groups excluding carboxylic acids is 1. The number of hydrogen-bond acceptors (Lipinski definition) is 3. The number of aryl methyl sites for hydroxylation is 1. The monoisotopic (exact) mass is 251 g/mol. The van der Waals surface area contributed by atoms with Crippen LogP contribution in [0.4, 0.5) is 0 Å². The number of rotatable bonds is 3. The van der Waals surface area contributed by atoms with E-state index < -0.39 is 5.97 Å². The normalized spacial score (nSPS) is 9.17. The maximum Gasteiger partial charge on any atom is 0.386 e. The molecule has 0 fully saturated rings. The van der Waals surface area contributed by atoms with Crippen LogP contribution < -0.4 is 4.89 Å². The van der Waals surface area contributed by atoms with Gasteiger partial charge in [-0.15, -0.1) is 0 Å². The number of carbonyl (C=O) groups is 1. The zero-order valence-corrected chi connectivity index (χ0v) is 12.4. The average Bonchev–Trinajstić information content (AvgIpc) is 2.38. The van der Waals surface area contributed by atoms with Crippen LogP contribution >= 0.6 is 0 Å². The van der Waals surface area contributed by atoms with Crippen LogP contribution in [0.2, 0.25) is 0 Å². The topological polar surface area (TPSA) is 35.5 Å². The Kier molecular flexibility index (Phi) is 5.92. The Morgan fingerprint density at radius 2 is 1.56 bits per heavy atom. The first kappa shape index (κ1) is 14.8. The van der Waals surface area contributed by atoms with Gasteiger partial charge in [0.1, 0.15) is 0 Å². The van der Waals surface area contributed by atoms with Crippen LogP contribution in [0.3, 0.4) is 0 Å². The van der Waals surface area contributed by atoms with Crippen molar-refractivity contribution in [2.75, 3.05) is 0 Å². The smallest absolute Gasteiger partial charge is 0.286 e. The molecule has 0 aliphatic carbocycles. The predicted octanol–water partition coefficient (Wildman–Crippen LogP) is 2.77. The third-order valence-electron chi connectivity index (χ3n) is 2.31. The molecule has 0 aliphatic heterocycles. The van der Waals surface area contributed by atoms with Gasteiger partial charge in [0.15, 0.2) is 5.75 Å². The summed E-state index contributed by atoms with van der Waals surface area (Å²) < 4.78 is 0. The van der Waals surface area contributed by atoms with E-state index in [-0.39, 0.29) is 29.6 Å². The van der Waals surface area contributed by atoms with Gasteiger partial charge in [0.2, 0.25) is 0 Å². The van der Waals surface area contributed by atoms with Crippen LogP contribution in [0.1, 0.15) is 15.9 Å². The van der Waals surface area contributed by atoms with Crippen molar-refractivity contribution < 1.29 is 14.6 Å². The van der Waals surface area contributed by atoms with Crippen molar-refractivity contribution in [3.8, 4) is 5.75 Å². The van der Waals surface area contributed by atoms with E-state index >= 15 is 0 Å². The van der Waals surface area contributed by atoms with E-state index in [4.69, 9.17) is 9.78 Å². The summed E-state index contributed by atoms with van der Waals surface area (Å²) in [6.45, 7) is 1.88. The second-order valence-electron chi connectivity index (χ2n) is 3.59. The molecule has 0 N–H and O–H groups in total. The molecule has 0 bridgehead atoms. The minimum atomic E-state index is -0.506. The van der Waals surface area contributed by atoms with Gasteiger partial charge in [0.05, 0.1) is 5.56 Å². The molecule has 0 aromatic heterocycles. The van der Waals surface area contributed by atoms with E-state index in [2.05, 4.69) is 0 Å². The minimum absolute atomic E-state index is 0. The fourth-order valence-electron chi connectivity index (χ4n) is 1.36. The first-order chi connectivity index (χ1) is 8.27. The summed E-state index contributed by atoms with van der Waals surface area (Å²) in [6.07, 6.45) is 0. The second kappa shape index (κ2) is 7.21. The van der Waals surface area contributed by atoms with Crippen LogP contribution in [0.25, 0.3) is 0 Å². The molecule has 0 saturated carbocycles. The molecule has 1 radical (unpaired) electrons. The van der Waals surface area contributed by atoms with Crippen molar-refractivity contribution in [1.82, 2.24) is 0 Å². The molecule has 0 heterocycles. The van der Waals surface area contributed by atoms with Gasteiger partial charge < -0.3 is 0 Å². The minimum Gasteiger partial charge on any atom is -0.286 e. The maximum absolute atomic E-state index is 11.6. The van der Waals surface area contributed by atoms with Crippen molar-refractivity contribution in [3.05, 3.63) is 65.7 Å². The molecule has 0 spiro atoms.